The van der Waals surface area contributed by atoms with Crippen LogP contribution in [-0.4, -0.2) is 34.5 Å². The van der Waals surface area contributed by atoms with E-state index in [-0.39, 0.29) is 17.6 Å². The zero-order valence-electron chi connectivity index (χ0n) is 16.4. The first-order chi connectivity index (χ1) is 13.0. The van der Waals surface area contributed by atoms with Crippen LogP contribution in [0.4, 0.5) is 18.0 Å². The second kappa shape index (κ2) is 7.41. The highest BCUT2D eigenvalue weighted by molar-refractivity contribution is 5.99. The summed E-state index contributed by atoms with van der Waals surface area (Å²) in [6, 6.07) is 4.60. The summed E-state index contributed by atoms with van der Waals surface area (Å²) in [6.07, 6.45) is -1.81. The van der Waals surface area contributed by atoms with Crippen molar-refractivity contribution in [2.75, 3.05) is 0 Å². The van der Waals surface area contributed by atoms with Crippen molar-refractivity contribution in [3.63, 3.8) is 0 Å². The van der Waals surface area contributed by atoms with Crippen LogP contribution >= 0.6 is 0 Å². The molecule has 154 valence electrons. The molecule has 0 spiro atoms. The molecule has 0 N–H and O–H groups in total. The highest BCUT2D eigenvalue weighted by Gasteiger charge is 2.45. The quantitative estimate of drug-likeness (QED) is 0.623. The van der Waals surface area contributed by atoms with Crippen LogP contribution in [0.25, 0.3) is 0 Å². The Balaban J connectivity index is 1.81. The van der Waals surface area contributed by atoms with Crippen molar-refractivity contribution in [1.82, 2.24) is 4.90 Å². The van der Waals surface area contributed by atoms with E-state index in [2.05, 4.69) is 0 Å². The van der Waals surface area contributed by atoms with Crippen molar-refractivity contribution >= 4 is 11.9 Å². The van der Waals surface area contributed by atoms with Crippen molar-refractivity contribution in [2.24, 2.45) is 5.92 Å². The van der Waals surface area contributed by atoms with Gasteiger partial charge in [0.1, 0.15) is 5.60 Å². The summed E-state index contributed by atoms with van der Waals surface area (Å²) < 4.78 is 45.4. The SMILES string of the molecule is CC(C)(C)OC(=O)N1C2CCCC1CC(C(=O)c1ccccc1C(F)(F)F)C2. The van der Waals surface area contributed by atoms with E-state index >= 15 is 0 Å². The highest BCUT2D eigenvalue weighted by atomic mass is 19.4. The number of benzene rings is 1. The minimum absolute atomic E-state index is 0.172. The first-order valence-electron chi connectivity index (χ1n) is 9.69. The summed E-state index contributed by atoms with van der Waals surface area (Å²) in [5.41, 5.74) is -1.78. The third kappa shape index (κ3) is 4.33. The smallest absolute Gasteiger partial charge is 0.417 e. The van der Waals surface area contributed by atoms with Crippen molar-refractivity contribution < 1.29 is 27.5 Å². The van der Waals surface area contributed by atoms with Crippen molar-refractivity contribution in [1.29, 1.82) is 0 Å². The Hall–Kier alpha value is -2.05. The van der Waals surface area contributed by atoms with Crippen LogP contribution in [0, 0.1) is 5.92 Å². The summed E-state index contributed by atoms with van der Waals surface area (Å²) in [6.45, 7) is 5.39. The van der Waals surface area contributed by atoms with Crippen LogP contribution in [0.3, 0.4) is 0 Å². The van der Waals surface area contributed by atoms with E-state index in [4.69, 9.17) is 4.74 Å². The molecule has 7 heteroatoms. The van der Waals surface area contributed by atoms with Gasteiger partial charge in [-0.3, -0.25) is 4.79 Å². The molecule has 0 radical (unpaired) electrons. The van der Waals surface area contributed by atoms with Gasteiger partial charge in [0.05, 0.1) is 5.56 Å². The standard InChI is InChI=1S/C21H26F3NO3/c1-20(2,3)28-19(27)25-14-7-6-8-15(25)12-13(11-14)18(26)16-9-4-5-10-17(16)21(22,23)24/h4-5,9-10,13-15H,6-8,11-12H2,1-3H3. The van der Waals surface area contributed by atoms with Crippen LogP contribution in [0.5, 0.6) is 0 Å². The maximum absolute atomic E-state index is 13.3. The molecule has 4 nitrogen and oxygen atoms in total. The van der Waals surface area contributed by atoms with Gasteiger partial charge < -0.3 is 9.64 Å². The molecule has 2 atom stereocenters. The van der Waals surface area contributed by atoms with Gasteiger partial charge in [0.15, 0.2) is 5.78 Å². The molecule has 2 aliphatic heterocycles. The molecular formula is C21H26F3NO3. The highest BCUT2D eigenvalue weighted by Crippen LogP contribution is 2.40. The number of ketones is 1. The molecule has 2 fully saturated rings. The van der Waals surface area contributed by atoms with Gasteiger partial charge in [-0.15, -0.1) is 0 Å². The maximum Gasteiger partial charge on any atom is 0.417 e. The van der Waals surface area contributed by atoms with Crippen molar-refractivity contribution in [2.45, 2.75) is 76.7 Å². The van der Waals surface area contributed by atoms with Crippen LogP contribution in [-0.2, 0) is 10.9 Å². The molecule has 2 aliphatic rings. The predicted octanol–water partition coefficient (Wildman–Crippen LogP) is 5.46. The largest absolute Gasteiger partial charge is 0.444 e. The molecular weight excluding hydrogens is 371 g/mol. The molecule has 3 rings (SSSR count). The van der Waals surface area contributed by atoms with Gasteiger partial charge in [0, 0.05) is 23.6 Å². The molecule has 2 saturated heterocycles. The number of carbonyl (C=O) groups excluding carboxylic acids is 2. The van der Waals surface area contributed by atoms with Gasteiger partial charge in [0.2, 0.25) is 0 Å². The summed E-state index contributed by atoms with van der Waals surface area (Å²) in [4.78, 5) is 27.3. The normalized spacial score (nSPS) is 25.4. The van der Waals surface area contributed by atoms with Gasteiger partial charge in [0.25, 0.3) is 0 Å². The minimum Gasteiger partial charge on any atom is -0.444 e. The summed E-state index contributed by atoms with van der Waals surface area (Å²) in [7, 11) is 0. The number of fused-ring (bicyclic) bond motifs is 2. The number of nitrogens with zero attached hydrogens (tertiary/aromatic N) is 1. The van der Waals surface area contributed by atoms with E-state index in [0.717, 1.165) is 25.3 Å². The number of hydrogen-bond acceptors (Lipinski definition) is 3. The molecule has 2 bridgehead atoms. The molecule has 0 saturated carbocycles. The second-order valence-electron chi connectivity index (χ2n) is 8.70. The average molecular weight is 397 g/mol. The van der Waals surface area contributed by atoms with Crippen LogP contribution in [0.1, 0.15) is 68.8 Å². The number of carbonyl (C=O) groups is 2. The fourth-order valence-electron chi connectivity index (χ4n) is 4.37. The lowest BCUT2D eigenvalue weighted by atomic mass is 9.75. The van der Waals surface area contributed by atoms with Crippen LogP contribution in [0.2, 0.25) is 0 Å². The number of alkyl halides is 3. The Bertz CT molecular complexity index is 740. The third-order valence-electron chi connectivity index (χ3n) is 5.45. The van der Waals surface area contributed by atoms with Crippen LogP contribution in [0.15, 0.2) is 24.3 Å². The van der Waals surface area contributed by atoms with Crippen molar-refractivity contribution in [3.8, 4) is 0 Å². The van der Waals surface area contributed by atoms with E-state index in [0.29, 0.717) is 12.8 Å². The third-order valence-corrected chi connectivity index (χ3v) is 5.45. The van der Waals surface area contributed by atoms with Crippen LogP contribution < -0.4 is 0 Å². The second-order valence-corrected chi connectivity index (χ2v) is 8.70. The Labute approximate surface area is 163 Å². The molecule has 0 aliphatic carbocycles. The molecule has 1 amide bonds. The number of rotatable bonds is 2. The zero-order valence-corrected chi connectivity index (χ0v) is 16.4. The molecule has 28 heavy (non-hydrogen) atoms. The number of Topliss-reactive ketones (excluding diaryl/α,β-unsaturated/α-hetero) is 1. The number of piperidine rings is 2. The lowest BCUT2D eigenvalue weighted by molar-refractivity contribution is -0.138. The molecule has 1 aromatic carbocycles. The monoisotopic (exact) mass is 397 g/mol. The van der Waals surface area contributed by atoms with Gasteiger partial charge >= 0.3 is 12.3 Å². The number of hydrogen-bond donors (Lipinski definition) is 0. The van der Waals surface area contributed by atoms with E-state index in [9.17, 15) is 22.8 Å². The summed E-state index contributed by atoms with van der Waals surface area (Å²) in [5.74, 6) is -0.994. The average Bonchev–Trinajstić information content (AvgIpc) is 2.57. The zero-order chi connectivity index (χ0) is 20.7. The molecule has 0 aromatic heterocycles. The Morgan fingerprint density at radius 2 is 1.61 bits per heavy atom. The topological polar surface area (TPSA) is 46.6 Å². The van der Waals surface area contributed by atoms with E-state index < -0.39 is 35.1 Å². The predicted molar refractivity (Wildman–Crippen MR) is 98.0 cm³/mol. The Morgan fingerprint density at radius 1 is 1.04 bits per heavy atom. The lowest BCUT2D eigenvalue weighted by Gasteiger charge is -2.48. The van der Waals surface area contributed by atoms with Gasteiger partial charge in [-0.2, -0.15) is 13.2 Å². The Morgan fingerprint density at radius 3 is 2.14 bits per heavy atom. The number of halogens is 3. The minimum atomic E-state index is -4.57. The molecule has 2 heterocycles. The fraction of sp³-hybridized carbons (Fsp3) is 0.619. The summed E-state index contributed by atoms with van der Waals surface area (Å²) >= 11 is 0. The first kappa shape index (κ1) is 20.7. The first-order valence-corrected chi connectivity index (χ1v) is 9.69. The van der Waals surface area contributed by atoms with E-state index in [1.54, 1.807) is 25.7 Å². The summed E-state index contributed by atoms with van der Waals surface area (Å²) in [5, 5.41) is 0. The molecule has 2 unspecified atom stereocenters. The molecule has 1 aromatic rings. The van der Waals surface area contributed by atoms with E-state index in [1.807, 2.05) is 0 Å². The van der Waals surface area contributed by atoms with Crippen molar-refractivity contribution in [3.05, 3.63) is 35.4 Å². The number of ether oxygens (including phenoxy) is 1. The lowest BCUT2D eigenvalue weighted by Crippen LogP contribution is -2.56. The van der Waals surface area contributed by atoms with E-state index in [1.165, 1.54) is 18.2 Å². The fourth-order valence-corrected chi connectivity index (χ4v) is 4.37. The van der Waals surface area contributed by atoms with Gasteiger partial charge in [-0.25, -0.2) is 4.79 Å². The van der Waals surface area contributed by atoms with Gasteiger partial charge in [-0.05, 0) is 58.9 Å². The van der Waals surface area contributed by atoms with Gasteiger partial charge in [-0.1, -0.05) is 18.2 Å². The Kier molecular flexibility index (Phi) is 5.47. The number of amides is 1. The maximum atomic E-state index is 13.3.